The summed E-state index contributed by atoms with van der Waals surface area (Å²) in [7, 11) is 0. The van der Waals surface area contributed by atoms with Crippen LogP contribution in [0.5, 0.6) is 0 Å². The van der Waals surface area contributed by atoms with Crippen molar-refractivity contribution in [2.75, 3.05) is 14.7 Å². The second kappa shape index (κ2) is 22.1. The zero-order valence-corrected chi connectivity index (χ0v) is 52.5. The molecule has 0 aromatic heterocycles. The fourth-order valence-corrected chi connectivity index (χ4v) is 14.6. The molecule has 0 saturated heterocycles. The van der Waals surface area contributed by atoms with Crippen molar-refractivity contribution in [3.63, 3.8) is 0 Å². The summed E-state index contributed by atoms with van der Waals surface area (Å²) < 4.78 is 0. The van der Waals surface area contributed by atoms with Gasteiger partial charge >= 0.3 is 0 Å². The summed E-state index contributed by atoms with van der Waals surface area (Å²) in [6, 6.07) is 111. The molecule has 3 heteroatoms. The SMILES string of the molecule is Cc1ccc(N(c2ccc(-c3ccc(N(c4ccc(-c5ccccc5)cc4)c4ccc5c(c4)CC5)cc3)cc2)c2ccc3c(c2)C(C)(C)c2cc(N(c4ccc(C)cc4)c4ccc(-c5ccc6c(c5)C(C)(C)c5cc(-c7ccccc7)ccc5-6)cc4)ccc2-3)cc1. The van der Waals surface area contributed by atoms with Gasteiger partial charge in [-0.05, 0) is 248 Å². The van der Waals surface area contributed by atoms with Crippen LogP contribution in [0, 0.1) is 13.8 Å². The van der Waals surface area contributed by atoms with E-state index < -0.39 is 0 Å². The third-order valence-electron chi connectivity index (χ3n) is 19.9. The Balaban J connectivity index is 0.686. The van der Waals surface area contributed by atoms with Gasteiger partial charge in [-0.25, -0.2) is 0 Å². The lowest BCUT2D eigenvalue weighted by molar-refractivity contribution is 0.660. The Hall–Kier alpha value is -10.7. The zero-order chi connectivity index (χ0) is 61.5. The molecule has 0 heterocycles. The molecule has 0 saturated carbocycles. The third-order valence-corrected chi connectivity index (χ3v) is 19.9. The Bertz CT molecular complexity index is 4890. The van der Waals surface area contributed by atoms with Crippen LogP contribution in [0.25, 0.3) is 66.8 Å². The van der Waals surface area contributed by atoms with Gasteiger partial charge in [0.05, 0.1) is 0 Å². The summed E-state index contributed by atoms with van der Waals surface area (Å²) in [6.45, 7) is 13.9. The van der Waals surface area contributed by atoms with E-state index in [0.717, 1.165) is 58.3 Å². The molecule has 3 aliphatic carbocycles. The highest BCUT2D eigenvalue weighted by atomic mass is 15.2. The first-order chi connectivity index (χ1) is 44.4. The molecule has 0 N–H and O–H groups in total. The van der Waals surface area contributed by atoms with Crippen molar-refractivity contribution in [1.82, 2.24) is 0 Å². The van der Waals surface area contributed by atoms with Crippen molar-refractivity contribution < 1.29 is 0 Å². The van der Waals surface area contributed by atoms with Gasteiger partial charge in [-0.15, -0.1) is 0 Å². The minimum absolute atomic E-state index is 0.133. The van der Waals surface area contributed by atoms with Crippen LogP contribution in [0.2, 0.25) is 0 Å². The minimum atomic E-state index is -0.291. The monoisotopic (exact) mass is 1170 g/mol. The molecule has 0 atom stereocenters. The van der Waals surface area contributed by atoms with Crippen LogP contribution >= 0.6 is 0 Å². The predicted molar refractivity (Wildman–Crippen MR) is 384 cm³/mol. The molecule has 0 spiro atoms. The van der Waals surface area contributed by atoms with Gasteiger partial charge in [0.2, 0.25) is 0 Å². The molecule has 3 nitrogen and oxygen atoms in total. The highest BCUT2D eigenvalue weighted by Crippen LogP contribution is 2.54. The first kappa shape index (κ1) is 55.6. The Kier molecular flexibility index (Phi) is 13.5. The van der Waals surface area contributed by atoms with Crippen LogP contribution in [0.4, 0.5) is 51.2 Å². The van der Waals surface area contributed by atoms with E-state index >= 15 is 0 Å². The Morgan fingerprint density at radius 3 is 0.813 bits per heavy atom. The van der Waals surface area contributed by atoms with Gasteiger partial charge in [-0.1, -0.05) is 215 Å². The van der Waals surface area contributed by atoms with Gasteiger partial charge in [0, 0.05) is 62.0 Å². The number of aryl methyl sites for hydroxylation is 4. The summed E-state index contributed by atoms with van der Waals surface area (Å²) >= 11 is 0. The van der Waals surface area contributed by atoms with Gasteiger partial charge in [-0.2, -0.15) is 0 Å². The second-order valence-electron chi connectivity index (χ2n) is 26.3. The van der Waals surface area contributed by atoms with Gasteiger partial charge in [-0.3, -0.25) is 0 Å². The molecule has 0 radical (unpaired) electrons. The number of anilines is 9. The first-order valence-corrected chi connectivity index (χ1v) is 32.2. The predicted octanol–water partition coefficient (Wildman–Crippen LogP) is 24.1. The van der Waals surface area contributed by atoms with Crippen molar-refractivity contribution in [3.8, 4) is 66.8 Å². The first-order valence-electron chi connectivity index (χ1n) is 32.2. The van der Waals surface area contributed by atoms with E-state index in [9.17, 15) is 0 Å². The number of nitrogens with zero attached hydrogens (tertiary/aromatic N) is 3. The van der Waals surface area contributed by atoms with Crippen LogP contribution in [0.15, 0.2) is 297 Å². The zero-order valence-electron chi connectivity index (χ0n) is 52.5. The van der Waals surface area contributed by atoms with Gasteiger partial charge in [0.25, 0.3) is 0 Å². The molecule has 91 heavy (non-hydrogen) atoms. The molecule has 0 amide bonds. The van der Waals surface area contributed by atoms with E-state index in [4.69, 9.17) is 0 Å². The molecule has 0 aliphatic heterocycles. The van der Waals surface area contributed by atoms with Gasteiger partial charge in [0.1, 0.15) is 0 Å². The maximum absolute atomic E-state index is 2.45. The number of hydrogen-bond donors (Lipinski definition) is 0. The highest BCUT2D eigenvalue weighted by molar-refractivity contribution is 5.91. The fourth-order valence-electron chi connectivity index (χ4n) is 14.6. The summed E-state index contributed by atoms with van der Waals surface area (Å²) in [5.74, 6) is 0. The smallest absolute Gasteiger partial charge is 0.0465 e. The van der Waals surface area contributed by atoms with Gasteiger partial charge in [0.15, 0.2) is 0 Å². The molecule has 3 aliphatic rings. The fraction of sp³-hybridized carbons (Fsp3) is 0.114. The average molecular weight is 1170 g/mol. The maximum Gasteiger partial charge on any atom is 0.0465 e. The van der Waals surface area contributed by atoms with Crippen LogP contribution in [-0.2, 0) is 23.7 Å². The largest absolute Gasteiger partial charge is 0.310 e. The molecule has 13 aromatic carbocycles. The Labute approximate surface area is 536 Å². The lowest BCUT2D eigenvalue weighted by Crippen LogP contribution is -2.17. The van der Waals surface area contributed by atoms with Crippen molar-refractivity contribution in [2.24, 2.45) is 0 Å². The minimum Gasteiger partial charge on any atom is -0.310 e. The highest BCUT2D eigenvalue weighted by Gasteiger charge is 2.38. The normalized spacial score (nSPS) is 13.5. The standard InChI is InChI=1S/C88H71N3/c1-58-17-34-70(35-18-58)90(74-42-27-64(28-43-74)63-25-40-73(41-26-63)89(76-46-31-65-21-22-67(65)53-76)72-38-23-62(24-39-72)60-13-9-7-10-14-60)77-47-51-81-82-52-48-78(57-86(82)88(5,6)85(81)56-77)91(71-36-19-59(2)20-37-71)75-44-29-66(30-45-75)69-33-50-80-79-49-32-68(61-15-11-8-12-16-61)54-83(79)87(3,4)84(80)55-69/h7-20,23-57H,21-22H2,1-6H3. The van der Waals surface area contributed by atoms with Crippen LogP contribution in [-0.4, -0.2) is 0 Å². The van der Waals surface area contributed by atoms with E-state index in [2.05, 4.69) is 353 Å². The van der Waals surface area contributed by atoms with E-state index in [1.807, 2.05) is 0 Å². The van der Waals surface area contributed by atoms with Crippen LogP contribution in [0.3, 0.4) is 0 Å². The van der Waals surface area contributed by atoms with E-state index in [1.165, 1.54) is 117 Å². The molecule has 0 fully saturated rings. The molecule has 0 unspecified atom stereocenters. The summed E-state index contributed by atoms with van der Waals surface area (Å²) in [5.41, 5.74) is 35.5. The number of hydrogen-bond acceptors (Lipinski definition) is 3. The molecule has 13 aromatic rings. The van der Waals surface area contributed by atoms with Crippen molar-refractivity contribution in [3.05, 3.63) is 342 Å². The van der Waals surface area contributed by atoms with E-state index in [1.54, 1.807) is 0 Å². The molecular weight excluding hydrogens is 1100 g/mol. The quantitative estimate of drug-likeness (QED) is 0.114. The Morgan fingerprint density at radius 1 is 0.220 bits per heavy atom. The molecule has 0 bridgehead atoms. The van der Waals surface area contributed by atoms with Crippen LogP contribution in [0.1, 0.15) is 72.2 Å². The summed E-state index contributed by atoms with van der Waals surface area (Å²) in [6.07, 6.45) is 2.30. The number of rotatable bonds is 13. The molecular formula is C88H71N3. The lowest BCUT2D eigenvalue weighted by Gasteiger charge is -2.29. The van der Waals surface area contributed by atoms with Crippen molar-refractivity contribution >= 4 is 51.2 Å². The number of benzene rings is 13. The lowest BCUT2D eigenvalue weighted by atomic mass is 9.81. The maximum atomic E-state index is 2.45. The van der Waals surface area contributed by atoms with Crippen LogP contribution < -0.4 is 14.7 Å². The second-order valence-corrected chi connectivity index (χ2v) is 26.3. The summed E-state index contributed by atoms with van der Waals surface area (Å²) in [5, 5.41) is 0. The molecule has 16 rings (SSSR count). The summed E-state index contributed by atoms with van der Waals surface area (Å²) in [4.78, 5) is 7.23. The van der Waals surface area contributed by atoms with E-state index in [-0.39, 0.29) is 10.8 Å². The third kappa shape index (κ3) is 9.84. The van der Waals surface area contributed by atoms with E-state index in [0.29, 0.717) is 0 Å². The average Bonchev–Trinajstić information content (AvgIpc) is 1.60. The number of fused-ring (bicyclic) bond motifs is 7. The van der Waals surface area contributed by atoms with Gasteiger partial charge < -0.3 is 14.7 Å². The van der Waals surface area contributed by atoms with Crippen molar-refractivity contribution in [2.45, 2.75) is 65.2 Å². The Morgan fingerprint density at radius 2 is 0.473 bits per heavy atom. The molecule has 438 valence electrons. The topological polar surface area (TPSA) is 9.72 Å². The van der Waals surface area contributed by atoms with Crippen molar-refractivity contribution in [1.29, 1.82) is 0 Å².